The van der Waals surface area contributed by atoms with Crippen molar-refractivity contribution in [2.24, 2.45) is 5.73 Å². The first-order valence-corrected chi connectivity index (χ1v) is 6.79. The molecular weight excluding hydrogens is 218 g/mol. The first-order chi connectivity index (χ1) is 7.85. The van der Waals surface area contributed by atoms with Gasteiger partial charge in [-0.05, 0) is 18.4 Å². The van der Waals surface area contributed by atoms with Crippen LogP contribution < -0.4 is 5.73 Å². The highest BCUT2D eigenvalue weighted by Crippen LogP contribution is 2.36. The van der Waals surface area contributed by atoms with Gasteiger partial charge in [-0.25, -0.2) is 0 Å². The predicted octanol–water partition coefficient (Wildman–Crippen LogP) is 2.43. The topological polar surface area (TPSA) is 35.2 Å². The SMILES string of the molecule is NCC1(SCc2ccccc2)CCOCC1. The summed E-state index contributed by atoms with van der Waals surface area (Å²) in [5.74, 6) is 1.05. The van der Waals surface area contributed by atoms with E-state index in [9.17, 15) is 0 Å². The van der Waals surface area contributed by atoms with Crippen LogP contribution >= 0.6 is 11.8 Å². The minimum absolute atomic E-state index is 0.244. The van der Waals surface area contributed by atoms with Gasteiger partial charge in [0.25, 0.3) is 0 Å². The molecule has 3 heteroatoms. The number of nitrogens with two attached hydrogens (primary N) is 1. The van der Waals surface area contributed by atoms with Crippen molar-refractivity contribution < 1.29 is 4.74 Å². The molecule has 2 rings (SSSR count). The maximum atomic E-state index is 5.93. The highest BCUT2D eigenvalue weighted by Gasteiger charge is 2.31. The zero-order valence-electron chi connectivity index (χ0n) is 9.52. The number of ether oxygens (including phenoxy) is 1. The Kier molecular flexibility index (Phi) is 4.27. The molecular formula is C13H19NOS. The van der Waals surface area contributed by atoms with Crippen LogP contribution in [-0.4, -0.2) is 24.5 Å². The van der Waals surface area contributed by atoms with Crippen molar-refractivity contribution in [3.05, 3.63) is 35.9 Å². The molecule has 0 amide bonds. The fourth-order valence-corrected chi connectivity index (χ4v) is 3.20. The summed E-state index contributed by atoms with van der Waals surface area (Å²) in [6.07, 6.45) is 2.17. The summed E-state index contributed by atoms with van der Waals surface area (Å²) in [7, 11) is 0. The third-order valence-corrected chi connectivity index (χ3v) is 4.83. The Morgan fingerprint density at radius 2 is 1.88 bits per heavy atom. The summed E-state index contributed by atoms with van der Waals surface area (Å²) in [6, 6.07) is 10.6. The normalized spacial score (nSPS) is 19.6. The van der Waals surface area contributed by atoms with E-state index in [-0.39, 0.29) is 4.75 Å². The standard InChI is InChI=1S/C13H19NOS/c14-11-13(6-8-15-9-7-13)16-10-12-4-2-1-3-5-12/h1-5H,6-11,14H2. The van der Waals surface area contributed by atoms with E-state index in [2.05, 4.69) is 30.3 Å². The predicted molar refractivity (Wildman–Crippen MR) is 69.6 cm³/mol. The number of hydrogen-bond acceptors (Lipinski definition) is 3. The van der Waals surface area contributed by atoms with Crippen molar-refractivity contribution in [2.75, 3.05) is 19.8 Å². The zero-order chi connectivity index (χ0) is 11.3. The molecule has 0 atom stereocenters. The second-order valence-corrected chi connectivity index (χ2v) is 5.72. The van der Waals surface area contributed by atoms with Gasteiger partial charge in [-0.15, -0.1) is 11.8 Å². The first-order valence-electron chi connectivity index (χ1n) is 5.80. The molecule has 0 saturated carbocycles. The fraction of sp³-hybridized carbons (Fsp3) is 0.538. The number of thioether (sulfide) groups is 1. The average Bonchev–Trinajstić information content (AvgIpc) is 2.39. The van der Waals surface area contributed by atoms with Gasteiger partial charge in [0, 0.05) is 30.3 Å². The molecule has 1 aliphatic rings. The summed E-state index contributed by atoms with van der Waals surface area (Å²) < 4.78 is 5.65. The third kappa shape index (κ3) is 3.00. The Labute approximate surface area is 102 Å². The van der Waals surface area contributed by atoms with Crippen LogP contribution in [0.3, 0.4) is 0 Å². The van der Waals surface area contributed by atoms with Crippen molar-refractivity contribution in [3.8, 4) is 0 Å². The average molecular weight is 237 g/mol. The number of hydrogen-bond donors (Lipinski definition) is 1. The zero-order valence-corrected chi connectivity index (χ0v) is 10.3. The van der Waals surface area contributed by atoms with Gasteiger partial charge < -0.3 is 10.5 Å². The number of benzene rings is 1. The van der Waals surface area contributed by atoms with Crippen molar-refractivity contribution in [1.82, 2.24) is 0 Å². The van der Waals surface area contributed by atoms with Crippen LogP contribution in [0.1, 0.15) is 18.4 Å². The molecule has 16 heavy (non-hydrogen) atoms. The molecule has 0 unspecified atom stereocenters. The highest BCUT2D eigenvalue weighted by molar-refractivity contribution is 7.99. The minimum atomic E-state index is 0.244. The molecule has 1 aliphatic heterocycles. The lowest BCUT2D eigenvalue weighted by Crippen LogP contribution is -2.40. The van der Waals surface area contributed by atoms with Gasteiger partial charge in [0.1, 0.15) is 0 Å². The molecule has 0 bridgehead atoms. The van der Waals surface area contributed by atoms with Gasteiger partial charge in [-0.2, -0.15) is 0 Å². The molecule has 2 N–H and O–H groups in total. The van der Waals surface area contributed by atoms with Gasteiger partial charge in [0.15, 0.2) is 0 Å². The van der Waals surface area contributed by atoms with Gasteiger partial charge in [0.05, 0.1) is 0 Å². The molecule has 1 saturated heterocycles. The van der Waals surface area contributed by atoms with Gasteiger partial charge in [-0.3, -0.25) is 0 Å². The van der Waals surface area contributed by atoms with E-state index in [0.717, 1.165) is 38.4 Å². The molecule has 1 heterocycles. The van der Waals surface area contributed by atoms with E-state index in [1.165, 1.54) is 5.56 Å². The molecule has 1 fully saturated rings. The Morgan fingerprint density at radius 3 is 2.50 bits per heavy atom. The van der Waals surface area contributed by atoms with E-state index >= 15 is 0 Å². The Balaban J connectivity index is 1.92. The molecule has 1 aromatic rings. The molecule has 0 radical (unpaired) electrons. The lowest BCUT2D eigenvalue weighted by atomic mass is 9.99. The van der Waals surface area contributed by atoms with Crippen molar-refractivity contribution in [3.63, 3.8) is 0 Å². The molecule has 0 aromatic heterocycles. The first kappa shape index (κ1) is 12.0. The van der Waals surface area contributed by atoms with Crippen molar-refractivity contribution >= 4 is 11.8 Å². The second kappa shape index (κ2) is 5.71. The highest BCUT2D eigenvalue weighted by atomic mass is 32.2. The Bertz CT molecular complexity index is 309. The van der Waals surface area contributed by atoms with Gasteiger partial charge >= 0.3 is 0 Å². The van der Waals surface area contributed by atoms with Crippen LogP contribution in [0.2, 0.25) is 0 Å². The van der Waals surface area contributed by atoms with Crippen LogP contribution in [0, 0.1) is 0 Å². The lowest BCUT2D eigenvalue weighted by molar-refractivity contribution is 0.0792. The molecule has 1 aromatic carbocycles. The lowest BCUT2D eigenvalue weighted by Gasteiger charge is -2.35. The van der Waals surface area contributed by atoms with E-state index in [0.29, 0.717) is 0 Å². The summed E-state index contributed by atoms with van der Waals surface area (Å²) in [6.45, 7) is 2.48. The van der Waals surface area contributed by atoms with E-state index in [4.69, 9.17) is 10.5 Å². The van der Waals surface area contributed by atoms with Crippen LogP contribution in [-0.2, 0) is 10.5 Å². The summed E-state index contributed by atoms with van der Waals surface area (Å²) >= 11 is 1.99. The van der Waals surface area contributed by atoms with Crippen molar-refractivity contribution in [2.45, 2.75) is 23.3 Å². The summed E-state index contributed by atoms with van der Waals surface area (Å²) in [5, 5.41) is 0. The Morgan fingerprint density at radius 1 is 1.19 bits per heavy atom. The summed E-state index contributed by atoms with van der Waals surface area (Å²) in [5.41, 5.74) is 7.31. The van der Waals surface area contributed by atoms with Gasteiger partial charge in [0.2, 0.25) is 0 Å². The summed E-state index contributed by atoms with van der Waals surface area (Å²) in [4.78, 5) is 0. The third-order valence-electron chi connectivity index (χ3n) is 3.16. The van der Waals surface area contributed by atoms with Crippen LogP contribution in [0.15, 0.2) is 30.3 Å². The fourth-order valence-electron chi connectivity index (χ4n) is 1.96. The maximum Gasteiger partial charge on any atom is 0.0479 e. The van der Waals surface area contributed by atoms with Crippen LogP contribution in [0.4, 0.5) is 0 Å². The van der Waals surface area contributed by atoms with Crippen LogP contribution in [0.25, 0.3) is 0 Å². The van der Waals surface area contributed by atoms with E-state index in [1.807, 2.05) is 11.8 Å². The van der Waals surface area contributed by atoms with E-state index in [1.54, 1.807) is 0 Å². The van der Waals surface area contributed by atoms with Crippen molar-refractivity contribution in [1.29, 1.82) is 0 Å². The van der Waals surface area contributed by atoms with Crippen LogP contribution in [0.5, 0.6) is 0 Å². The number of rotatable bonds is 4. The Hall–Kier alpha value is -0.510. The molecule has 0 aliphatic carbocycles. The maximum absolute atomic E-state index is 5.93. The molecule has 88 valence electrons. The monoisotopic (exact) mass is 237 g/mol. The smallest absolute Gasteiger partial charge is 0.0479 e. The minimum Gasteiger partial charge on any atom is -0.381 e. The van der Waals surface area contributed by atoms with Gasteiger partial charge in [-0.1, -0.05) is 30.3 Å². The molecule has 2 nitrogen and oxygen atoms in total. The second-order valence-electron chi connectivity index (χ2n) is 4.27. The largest absolute Gasteiger partial charge is 0.381 e. The van der Waals surface area contributed by atoms with E-state index < -0.39 is 0 Å². The quantitative estimate of drug-likeness (QED) is 0.873. The molecule has 0 spiro atoms.